The Morgan fingerprint density at radius 3 is 1.94 bits per heavy atom. The predicted molar refractivity (Wildman–Crippen MR) is 199 cm³/mol. The van der Waals surface area contributed by atoms with Crippen LogP contribution in [-0.4, -0.2) is 53.9 Å². The van der Waals surface area contributed by atoms with E-state index in [9.17, 15) is 4.79 Å². The summed E-state index contributed by atoms with van der Waals surface area (Å²) in [4.78, 5) is 13.7. The molecule has 4 rings (SSSR count). The van der Waals surface area contributed by atoms with Gasteiger partial charge in [-0.05, 0) is 48.3 Å². The summed E-state index contributed by atoms with van der Waals surface area (Å²) in [5.41, 5.74) is 1.68. The summed E-state index contributed by atoms with van der Waals surface area (Å²) in [6.07, 6.45) is 3.05. The molecule has 3 aromatic carbocycles. The van der Waals surface area contributed by atoms with Crippen LogP contribution in [0.4, 0.5) is 0 Å². The molecule has 0 amide bonds. The van der Waals surface area contributed by atoms with E-state index in [4.69, 9.17) is 28.1 Å². The molecule has 1 saturated heterocycles. The van der Waals surface area contributed by atoms with E-state index in [0.717, 1.165) is 11.1 Å². The van der Waals surface area contributed by atoms with Gasteiger partial charge >= 0.3 is 0 Å². The number of rotatable bonds is 13. The van der Waals surface area contributed by atoms with Gasteiger partial charge in [0, 0.05) is 35.5 Å². The topological polar surface area (TPSA) is 72.5 Å². The summed E-state index contributed by atoms with van der Waals surface area (Å²) in [5, 5.41) is 2.22. The highest BCUT2D eigenvalue weighted by Gasteiger charge is 2.50. The lowest BCUT2D eigenvalue weighted by Crippen LogP contribution is -2.67. The third kappa shape index (κ3) is 7.98. The number of ether oxygens (including phenoxy) is 5. The van der Waals surface area contributed by atoms with Crippen molar-refractivity contribution in [3.8, 4) is 17.2 Å². The SMILES string of the molecule is COc1cc([C@@H]2OC(C)(C)O[C@@H]([C@@H](C)/C=C/C(=O)[C@H](C)CO[Si](c3ccccc3)(c3ccccc3)C(C)(C)C)[C@H]2C)c(OC)c(OC)c1C. The molecule has 0 aliphatic carbocycles. The van der Waals surface area contributed by atoms with E-state index < -0.39 is 14.1 Å². The first-order chi connectivity index (χ1) is 23.1. The van der Waals surface area contributed by atoms with Crippen molar-refractivity contribution in [2.75, 3.05) is 27.9 Å². The standard InChI is InChI=1S/C41H56O7Si/c1-27(36-30(4)37(48-41(8,9)47-36)33-25-35(43-10)29(3)38(44-11)39(33)45-12)23-24-34(42)28(2)26-46-49(40(5,6)7,31-19-15-13-16-20-31)32-21-17-14-18-22-32/h13-25,27-28,30,36-37H,26H2,1-12H3/b24-23+/t27-,28+,30+,36-,37+/m0/s1. The third-order valence-corrected chi connectivity index (χ3v) is 14.8. The Hall–Kier alpha value is -3.43. The Morgan fingerprint density at radius 1 is 0.898 bits per heavy atom. The van der Waals surface area contributed by atoms with Crippen LogP contribution in [0.1, 0.15) is 72.6 Å². The third-order valence-electron chi connectivity index (χ3n) is 9.76. The van der Waals surface area contributed by atoms with Gasteiger partial charge in [0.1, 0.15) is 5.75 Å². The minimum atomic E-state index is -2.76. The molecule has 0 aromatic heterocycles. The molecule has 0 radical (unpaired) electrons. The average Bonchev–Trinajstić information content (AvgIpc) is 3.08. The number of allylic oxidation sites excluding steroid dienone is 1. The zero-order chi connectivity index (χ0) is 36.1. The van der Waals surface area contributed by atoms with Crippen molar-refractivity contribution in [2.45, 2.75) is 85.3 Å². The average molecular weight is 689 g/mol. The van der Waals surface area contributed by atoms with Crippen LogP contribution < -0.4 is 24.6 Å². The maximum atomic E-state index is 13.7. The molecule has 3 aromatic rings. The number of benzene rings is 3. The summed E-state index contributed by atoms with van der Waals surface area (Å²) < 4.78 is 37.4. The van der Waals surface area contributed by atoms with E-state index in [1.54, 1.807) is 27.4 Å². The number of carbonyl (C=O) groups excluding carboxylic acids is 1. The summed E-state index contributed by atoms with van der Waals surface area (Å²) in [7, 11) is 2.14. The van der Waals surface area contributed by atoms with Crippen LogP contribution in [-0.2, 0) is 18.7 Å². The van der Waals surface area contributed by atoms with Gasteiger partial charge in [-0.3, -0.25) is 4.79 Å². The van der Waals surface area contributed by atoms with Gasteiger partial charge in [0.15, 0.2) is 23.1 Å². The molecule has 8 heteroatoms. The minimum Gasteiger partial charge on any atom is -0.496 e. The summed E-state index contributed by atoms with van der Waals surface area (Å²) >= 11 is 0. The summed E-state index contributed by atoms with van der Waals surface area (Å²) in [5.74, 6) is 0.537. The van der Waals surface area contributed by atoms with Gasteiger partial charge in [0.25, 0.3) is 8.32 Å². The van der Waals surface area contributed by atoms with Crippen molar-refractivity contribution < 1.29 is 32.9 Å². The smallest absolute Gasteiger partial charge is 0.261 e. The van der Waals surface area contributed by atoms with Gasteiger partial charge in [-0.2, -0.15) is 0 Å². The lowest BCUT2D eigenvalue weighted by molar-refractivity contribution is -0.327. The van der Waals surface area contributed by atoms with Crippen LogP contribution in [0.25, 0.3) is 0 Å². The van der Waals surface area contributed by atoms with E-state index in [0.29, 0.717) is 23.9 Å². The molecule has 0 N–H and O–H groups in total. The van der Waals surface area contributed by atoms with E-state index in [-0.39, 0.29) is 40.8 Å². The number of methoxy groups -OCH3 is 3. The van der Waals surface area contributed by atoms with Gasteiger partial charge in [0.2, 0.25) is 0 Å². The molecule has 1 fully saturated rings. The Bertz CT molecular complexity index is 1540. The first-order valence-electron chi connectivity index (χ1n) is 17.2. The van der Waals surface area contributed by atoms with Crippen LogP contribution in [0.5, 0.6) is 17.2 Å². The van der Waals surface area contributed by atoms with E-state index >= 15 is 0 Å². The Kier molecular flexibility index (Phi) is 12.2. The Labute approximate surface area is 295 Å². The monoisotopic (exact) mass is 688 g/mol. The molecule has 49 heavy (non-hydrogen) atoms. The van der Waals surface area contributed by atoms with Crippen molar-refractivity contribution in [3.05, 3.63) is 90.0 Å². The molecular weight excluding hydrogens is 633 g/mol. The predicted octanol–water partition coefficient (Wildman–Crippen LogP) is 7.82. The van der Waals surface area contributed by atoms with Gasteiger partial charge in [-0.1, -0.05) is 108 Å². The van der Waals surface area contributed by atoms with Crippen LogP contribution in [0, 0.1) is 24.7 Å². The van der Waals surface area contributed by atoms with Gasteiger partial charge in [0.05, 0.1) is 33.5 Å². The van der Waals surface area contributed by atoms with E-state index in [1.807, 2.05) is 52.0 Å². The molecule has 1 aliphatic rings. The lowest BCUT2D eigenvalue weighted by Gasteiger charge is -2.47. The second-order valence-electron chi connectivity index (χ2n) is 14.7. The van der Waals surface area contributed by atoms with Gasteiger partial charge in [-0.15, -0.1) is 0 Å². The molecule has 0 unspecified atom stereocenters. The highest BCUT2D eigenvalue weighted by molar-refractivity contribution is 6.99. The highest BCUT2D eigenvalue weighted by atomic mass is 28.4. The second kappa shape index (κ2) is 15.6. The quantitative estimate of drug-likeness (QED) is 0.134. The van der Waals surface area contributed by atoms with Crippen molar-refractivity contribution in [1.29, 1.82) is 0 Å². The maximum absolute atomic E-state index is 13.7. The largest absolute Gasteiger partial charge is 0.496 e. The fourth-order valence-corrected chi connectivity index (χ4v) is 11.9. The molecule has 1 aliphatic heterocycles. The number of ketones is 1. The second-order valence-corrected chi connectivity index (χ2v) is 19.0. The number of hydrogen-bond donors (Lipinski definition) is 0. The molecule has 0 spiro atoms. The van der Waals surface area contributed by atoms with Gasteiger partial charge in [-0.25, -0.2) is 0 Å². The van der Waals surface area contributed by atoms with Crippen LogP contribution in [0.2, 0.25) is 5.04 Å². The Balaban J connectivity index is 1.57. The van der Waals surface area contributed by atoms with Crippen molar-refractivity contribution >= 4 is 24.5 Å². The first-order valence-corrected chi connectivity index (χ1v) is 19.1. The molecule has 0 bridgehead atoms. The normalized spacial score (nSPS) is 20.9. The van der Waals surface area contributed by atoms with Crippen LogP contribution in [0.3, 0.4) is 0 Å². The van der Waals surface area contributed by atoms with Gasteiger partial charge < -0.3 is 28.1 Å². The molecule has 0 saturated carbocycles. The van der Waals surface area contributed by atoms with Crippen LogP contribution in [0.15, 0.2) is 78.9 Å². The molecular formula is C41H56O7Si. The first kappa shape index (κ1) is 38.4. The fourth-order valence-electron chi connectivity index (χ4n) is 7.20. The zero-order valence-corrected chi connectivity index (χ0v) is 32.5. The van der Waals surface area contributed by atoms with Crippen molar-refractivity contribution in [3.63, 3.8) is 0 Å². The summed E-state index contributed by atoms with van der Waals surface area (Å²) in [6.45, 7) is 19.0. The van der Waals surface area contributed by atoms with Crippen molar-refractivity contribution in [2.24, 2.45) is 17.8 Å². The maximum Gasteiger partial charge on any atom is 0.261 e. The molecule has 1 heterocycles. The van der Waals surface area contributed by atoms with Crippen molar-refractivity contribution in [1.82, 2.24) is 0 Å². The molecule has 5 atom stereocenters. The van der Waals surface area contributed by atoms with E-state index in [2.05, 4.69) is 83.1 Å². The Morgan fingerprint density at radius 2 is 1.45 bits per heavy atom. The summed E-state index contributed by atoms with van der Waals surface area (Å²) in [6, 6.07) is 23.0. The number of carbonyl (C=O) groups is 1. The minimum absolute atomic E-state index is 0.0231. The van der Waals surface area contributed by atoms with Crippen LogP contribution >= 0.6 is 0 Å². The molecule has 7 nitrogen and oxygen atoms in total. The fraction of sp³-hybridized carbons (Fsp3) is 0.488. The lowest BCUT2D eigenvalue weighted by atomic mass is 9.83. The molecule has 266 valence electrons. The number of hydrogen-bond acceptors (Lipinski definition) is 7. The zero-order valence-electron chi connectivity index (χ0n) is 31.5. The van der Waals surface area contributed by atoms with E-state index in [1.165, 1.54) is 10.4 Å². The highest BCUT2D eigenvalue weighted by Crippen LogP contribution is 2.50.